The van der Waals surface area contributed by atoms with Gasteiger partial charge < -0.3 is 10.6 Å². The van der Waals surface area contributed by atoms with Crippen molar-refractivity contribution in [2.75, 3.05) is 26.2 Å². The Bertz CT molecular complexity index is 478. The molecular formula is C18H28FN3O. The van der Waals surface area contributed by atoms with Crippen LogP contribution < -0.4 is 10.6 Å². The van der Waals surface area contributed by atoms with Crippen molar-refractivity contribution in [3.63, 3.8) is 0 Å². The van der Waals surface area contributed by atoms with E-state index in [9.17, 15) is 9.18 Å². The molecule has 1 aromatic rings. The quantitative estimate of drug-likeness (QED) is 0.722. The average Bonchev–Trinajstić information content (AvgIpc) is 2.57. The van der Waals surface area contributed by atoms with Gasteiger partial charge in [-0.3, -0.25) is 9.69 Å². The van der Waals surface area contributed by atoms with Gasteiger partial charge in [-0.2, -0.15) is 0 Å². The third kappa shape index (κ3) is 5.92. The minimum atomic E-state index is -0.221. The number of benzene rings is 1. The first-order chi connectivity index (χ1) is 11.2. The Morgan fingerprint density at radius 2 is 2.00 bits per heavy atom. The van der Waals surface area contributed by atoms with Gasteiger partial charge in [0, 0.05) is 19.6 Å². The van der Waals surface area contributed by atoms with Crippen LogP contribution in [0, 0.1) is 5.82 Å². The molecule has 1 amide bonds. The minimum absolute atomic E-state index is 0.0695. The van der Waals surface area contributed by atoms with Crippen LogP contribution in [0.15, 0.2) is 24.3 Å². The summed E-state index contributed by atoms with van der Waals surface area (Å²) in [6.45, 7) is 6.21. The van der Waals surface area contributed by atoms with Crippen molar-refractivity contribution in [3.05, 3.63) is 35.6 Å². The van der Waals surface area contributed by atoms with E-state index in [1.807, 2.05) is 0 Å². The van der Waals surface area contributed by atoms with Gasteiger partial charge in [0.15, 0.2) is 0 Å². The molecule has 1 heterocycles. The Kier molecular flexibility index (Phi) is 7.49. The summed E-state index contributed by atoms with van der Waals surface area (Å²) in [4.78, 5) is 14.7. The third-order valence-electron chi connectivity index (χ3n) is 4.24. The molecule has 2 rings (SSSR count). The monoisotopic (exact) mass is 321 g/mol. The fourth-order valence-electron chi connectivity index (χ4n) is 3.00. The van der Waals surface area contributed by atoms with Crippen LogP contribution in [0.5, 0.6) is 0 Å². The molecular weight excluding hydrogens is 293 g/mol. The summed E-state index contributed by atoms with van der Waals surface area (Å²) in [7, 11) is 0. The molecule has 0 saturated carbocycles. The van der Waals surface area contributed by atoms with Gasteiger partial charge in [-0.1, -0.05) is 25.5 Å². The SMILES string of the molecule is CCCNCCNC(=O)C1CCCCN1Cc1ccc(F)cc1. The summed E-state index contributed by atoms with van der Waals surface area (Å²) in [5, 5.41) is 6.32. The number of piperidine rings is 1. The molecule has 0 bridgehead atoms. The number of nitrogens with zero attached hydrogens (tertiary/aromatic N) is 1. The second-order valence-corrected chi connectivity index (χ2v) is 6.15. The van der Waals surface area contributed by atoms with E-state index >= 15 is 0 Å². The topological polar surface area (TPSA) is 44.4 Å². The number of rotatable bonds is 8. The van der Waals surface area contributed by atoms with Gasteiger partial charge in [0.25, 0.3) is 0 Å². The highest BCUT2D eigenvalue weighted by Crippen LogP contribution is 2.20. The Hall–Kier alpha value is -1.46. The van der Waals surface area contributed by atoms with E-state index in [-0.39, 0.29) is 17.8 Å². The van der Waals surface area contributed by atoms with Crippen LogP contribution in [-0.2, 0) is 11.3 Å². The maximum absolute atomic E-state index is 13.0. The molecule has 1 atom stereocenters. The number of hydrogen-bond acceptors (Lipinski definition) is 3. The predicted molar refractivity (Wildman–Crippen MR) is 90.6 cm³/mol. The first-order valence-corrected chi connectivity index (χ1v) is 8.67. The van der Waals surface area contributed by atoms with Crippen molar-refractivity contribution < 1.29 is 9.18 Å². The van der Waals surface area contributed by atoms with Crippen LogP contribution in [0.1, 0.15) is 38.2 Å². The van der Waals surface area contributed by atoms with Crippen molar-refractivity contribution in [2.45, 2.75) is 45.2 Å². The van der Waals surface area contributed by atoms with E-state index in [1.54, 1.807) is 12.1 Å². The molecule has 1 aliphatic rings. The number of carbonyl (C=O) groups excluding carboxylic acids is 1. The standard InChI is InChI=1S/C18H28FN3O/c1-2-10-20-11-12-21-18(23)17-5-3-4-13-22(17)14-15-6-8-16(19)9-7-15/h6-9,17,20H,2-5,10-14H2,1H3,(H,21,23). The fraction of sp³-hybridized carbons (Fsp3) is 0.611. The largest absolute Gasteiger partial charge is 0.353 e. The number of halogens is 1. The van der Waals surface area contributed by atoms with Crippen molar-refractivity contribution in [2.24, 2.45) is 0 Å². The molecule has 0 spiro atoms. The smallest absolute Gasteiger partial charge is 0.237 e. The van der Waals surface area contributed by atoms with Crippen LogP contribution >= 0.6 is 0 Å². The third-order valence-corrected chi connectivity index (χ3v) is 4.24. The molecule has 1 aromatic carbocycles. The van der Waals surface area contributed by atoms with E-state index in [2.05, 4.69) is 22.5 Å². The second-order valence-electron chi connectivity index (χ2n) is 6.15. The highest BCUT2D eigenvalue weighted by molar-refractivity contribution is 5.81. The number of amides is 1. The summed E-state index contributed by atoms with van der Waals surface area (Å²) in [5.41, 5.74) is 1.05. The fourth-order valence-corrected chi connectivity index (χ4v) is 3.00. The molecule has 128 valence electrons. The van der Waals surface area contributed by atoms with Gasteiger partial charge in [-0.15, -0.1) is 0 Å². The second kappa shape index (κ2) is 9.63. The van der Waals surface area contributed by atoms with Crippen molar-refractivity contribution >= 4 is 5.91 Å². The molecule has 23 heavy (non-hydrogen) atoms. The lowest BCUT2D eigenvalue weighted by atomic mass is 10.0. The number of nitrogens with one attached hydrogen (secondary N) is 2. The summed E-state index contributed by atoms with van der Waals surface area (Å²) in [5.74, 6) is -0.105. The molecule has 1 aliphatic heterocycles. The maximum atomic E-state index is 13.0. The van der Waals surface area contributed by atoms with Gasteiger partial charge >= 0.3 is 0 Å². The summed E-state index contributed by atoms with van der Waals surface area (Å²) >= 11 is 0. The lowest BCUT2D eigenvalue weighted by molar-refractivity contribution is -0.127. The number of hydrogen-bond donors (Lipinski definition) is 2. The highest BCUT2D eigenvalue weighted by Gasteiger charge is 2.28. The molecule has 2 N–H and O–H groups in total. The van der Waals surface area contributed by atoms with E-state index in [4.69, 9.17) is 0 Å². The van der Waals surface area contributed by atoms with Gasteiger partial charge in [-0.05, 0) is 50.0 Å². The lowest BCUT2D eigenvalue weighted by Crippen LogP contribution is -2.50. The van der Waals surface area contributed by atoms with Gasteiger partial charge in [0.2, 0.25) is 5.91 Å². The molecule has 4 nitrogen and oxygen atoms in total. The first-order valence-electron chi connectivity index (χ1n) is 8.67. The molecule has 1 unspecified atom stereocenters. The molecule has 1 fully saturated rings. The highest BCUT2D eigenvalue weighted by atomic mass is 19.1. The van der Waals surface area contributed by atoms with E-state index in [1.165, 1.54) is 12.1 Å². The normalized spacial score (nSPS) is 18.8. The zero-order valence-corrected chi connectivity index (χ0v) is 14.0. The van der Waals surface area contributed by atoms with Gasteiger partial charge in [0.1, 0.15) is 5.82 Å². The zero-order valence-electron chi connectivity index (χ0n) is 14.0. The van der Waals surface area contributed by atoms with Gasteiger partial charge in [0.05, 0.1) is 6.04 Å². The first kappa shape index (κ1) is 17.9. The summed E-state index contributed by atoms with van der Waals surface area (Å²) < 4.78 is 13.0. The average molecular weight is 321 g/mol. The molecule has 0 aliphatic carbocycles. The number of carbonyl (C=O) groups is 1. The Morgan fingerprint density at radius 1 is 1.22 bits per heavy atom. The maximum Gasteiger partial charge on any atom is 0.237 e. The molecule has 0 radical (unpaired) electrons. The van der Waals surface area contributed by atoms with Crippen LogP contribution in [-0.4, -0.2) is 43.0 Å². The minimum Gasteiger partial charge on any atom is -0.353 e. The molecule has 1 saturated heterocycles. The number of likely N-dealkylation sites (tertiary alicyclic amines) is 1. The van der Waals surface area contributed by atoms with Crippen LogP contribution in [0.3, 0.4) is 0 Å². The summed E-state index contributed by atoms with van der Waals surface area (Å²) in [6, 6.07) is 6.49. The van der Waals surface area contributed by atoms with Crippen LogP contribution in [0.25, 0.3) is 0 Å². The van der Waals surface area contributed by atoms with E-state index in [0.29, 0.717) is 13.1 Å². The molecule has 0 aromatic heterocycles. The van der Waals surface area contributed by atoms with E-state index < -0.39 is 0 Å². The van der Waals surface area contributed by atoms with Crippen molar-refractivity contribution in [1.82, 2.24) is 15.5 Å². The van der Waals surface area contributed by atoms with Crippen molar-refractivity contribution in [1.29, 1.82) is 0 Å². The predicted octanol–water partition coefficient (Wildman–Crippen LogP) is 2.30. The molecule has 5 heteroatoms. The van der Waals surface area contributed by atoms with Gasteiger partial charge in [-0.25, -0.2) is 4.39 Å². The summed E-state index contributed by atoms with van der Waals surface area (Å²) in [6.07, 6.45) is 4.20. The Morgan fingerprint density at radius 3 is 2.74 bits per heavy atom. The lowest BCUT2D eigenvalue weighted by Gasteiger charge is -2.34. The van der Waals surface area contributed by atoms with E-state index in [0.717, 1.165) is 50.9 Å². The Balaban J connectivity index is 1.84. The van der Waals surface area contributed by atoms with Crippen molar-refractivity contribution in [3.8, 4) is 0 Å². The van der Waals surface area contributed by atoms with Crippen LogP contribution in [0.4, 0.5) is 4.39 Å². The Labute approximate surface area is 138 Å². The zero-order chi connectivity index (χ0) is 16.5. The van der Waals surface area contributed by atoms with Crippen LogP contribution in [0.2, 0.25) is 0 Å².